The van der Waals surface area contributed by atoms with Crippen molar-refractivity contribution in [2.24, 2.45) is 5.73 Å². The number of hydrogen-bond acceptors (Lipinski definition) is 3. The molecule has 3 heteroatoms. The highest BCUT2D eigenvalue weighted by Gasteiger charge is 2.13. The van der Waals surface area contributed by atoms with E-state index in [2.05, 4.69) is 6.07 Å². The minimum absolute atomic E-state index is 0.344. The smallest absolute Gasteiger partial charge is 0.161 e. The first-order valence-electron chi connectivity index (χ1n) is 5.07. The van der Waals surface area contributed by atoms with Crippen molar-refractivity contribution >= 4 is 0 Å². The molecule has 1 aromatic rings. The summed E-state index contributed by atoms with van der Waals surface area (Å²) >= 11 is 0. The Morgan fingerprint density at radius 1 is 1.33 bits per heavy atom. The van der Waals surface area contributed by atoms with E-state index >= 15 is 0 Å². The molecule has 2 N–H and O–H groups in total. The molecule has 1 rings (SSSR count). The summed E-state index contributed by atoms with van der Waals surface area (Å²) in [7, 11) is 0. The van der Waals surface area contributed by atoms with Crippen molar-refractivity contribution in [3.8, 4) is 11.5 Å². The molecule has 0 aliphatic carbocycles. The van der Waals surface area contributed by atoms with Gasteiger partial charge >= 0.3 is 0 Å². The second kappa shape index (κ2) is 5.03. The van der Waals surface area contributed by atoms with Crippen LogP contribution in [0.5, 0.6) is 11.5 Å². The average Bonchev–Trinajstić information content (AvgIpc) is 2.16. The van der Waals surface area contributed by atoms with Gasteiger partial charge < -0.3 is 15.2 Å². The lowest BCUT2D eigenvalue weighted by atomic mass is 10.1. The van der Waals surface area contributed by atoms with Gasteiger partial charge in [-0.25, -0.2) is 0 Å². The van der Waals surface area contributed by atoms with Crippen LogP contribution in [-0.2, 0) is 0 Å². The van der Waals surface area contributed by atoms with Crippen LogP contribution in [0.25, 0.3) is 0 Å². The first-order chi connectivity index (χ1) is 7.03. The maximum Gasteiger partial charge on any atom is 0.161 e. The first-order valence-corrected chi connectivity index (χ1v) is 5.07. The summed E-state index contributed by atoms with van der Waals surface area (Å²) < 4.78 is 11.0. The Balaban J connectivity index is 2.67. The standard InChI is InChI=1S/C12H18NO2/c1-4-14-10-7-5-6-8-11(10)15-9-12(2,3)13/h6-8H,4,9,13H2,1-3H3. The summed E-state index contributed by atoms with van der Waals surface area (Å²) in [5, 5.41) is 0. The van der Waals surface area contributed by atoms with E-state index in [0.717, 1.165) is 0 Å². The molecule has 0 saturated heterocycles. The minimum Gasteiger partial charge on any atom is -0.490 e. The fourth-order valence-electron chi connectivity index (χ4n) is 1.05. The van der Waals surface area contributed by atoms with E-state index < -0.39 is 0 Å². The van der Waals surface area contributed by atoms with Gasteiger partial charge in [0.2, 0.25) is 0 Å². The molecule has 0 aromatic heterocycles. The molecule has 0 fully saturated rings. The Hall–Kier alpha value is -1.22. The maximum atomic E-state index is 5.83. The summed E-state index contributed by atoms with van der Waals surface area (Å²) in [6, 6.07) is 8.34. The van der Waals surface area contributed by atoms with Gasteiger partial charge in [-0.15, -0.1) is 0 Å². The Kier molecular flexibility index (Phi) is 3.97. The Morgan fingerprint density at radius 3 is 2.67 bits per heavy atom. The summed E-state index contributed by atoms with van der Waals surface area (Å²) in [5.41, 5.74) is 5.49. The van der Waals surface area contributed by atoms with Crippen molar-refractivity contribution in [2.45, 2.75) is 26.3 Å². The molecule has 83 valence electrons. The molecule has 0 unspecified atom stereocenters. The van der Waals surface area contributed by atoms with Gasteiger partial charge in [-0.1, -0.05) is 6.07 Å². The van der Waals surface area contributed by atoms with E-state index in [1.54, 1.807) is 12.1 Å². The zero-order valence-corrected chi connectivity index (χ0v) is 9.54. The van der Waals surface area contributed by atoms with E-state index in [0.29, 0.717) is 24.7 Å². The lowest BCUT2D eigenvalue weighted by Gasteiger charge is -2.20. The Morgan fingerprint density at radius 2 is 2.07 bits per heavy atom. The third-order valence-electron chi connectivity index (χ3n) is 1.69. The highest BCUT2D eigenvalue weighted by molar-refractivity contribution is 5.39. The second-order valence-electron chi connectivity index (χ2n) is 4.08. The van der Waals surface area contributed by atoms with Crippen LogP contribution in [0.3, 0.4) is 0 Å². The number of ether oxygens (including phenoxy) is 2. The number of benzene rings is 1. The minimum atomic E-state index is -0.344. The van der Waals surface area contributed by atoms with Crippen LogP contribution in [0, 0.1) is 6.07 Å². The zero-order valence-electron chi connectivity index (χ0n) is 9.54. The highest BCUT2D eigenvalue weighted by Crippen LogP contribution is 2.26. The monoisotopic (exact) mass is 208 g/mol. The highest BCUT2D eigenvalue weighted by atomic mass is 16.5. The fourth-order valence-corrected chi connectivity index (χ4v) is 1.05. The SMILES string of the molecule is CCOc1c[c]ccc1OCC(C)(C)N. The normalized spacial score (nSPS) is 11.2. The third-order valence-corrected chi connectivity index (χ3v) is 1.69. The average molecular weight is 208 g/mol. The molecular weight excluding hydrogens is 190 g/mol. The van der Waals surface area contributed by atoms with Crippen molar-refractivity contribution in [1.29, 1.82) is 0 Å². The molecule has 0 heterocycles. The zero-order chi connectivity index (χ0) is 11.3. The Labute approximate surface area is 91.2 Å². The van der Waals surface area contributed by atoms with Crippen LogP contribution in [0.15, 0.2) is 18.2 Å². The first kappa shape index (κ1) is 11.9. The van der Waals surface area contributed by atoms with Crippen LogP contribution in [0.4, 0.5) is 0 Å². The van der Waals surface area contributed by atoms with Crippen LogP contribution >= 0.6 is 0 Å². The quantitative estimate of drug-likeness (QED) is 0.805. The van der Waals surface area contributed by atoms with E-state index in [1.807, 2.05) is 26.8 Å². The van der Waals surface area contributed by atoms with Gasteiger partial charge in [-0.3, -0.25) is 0 Å². The van der Waals surface area contributed by atoms with E-state index in [-0.39, 0.29) is 5.54 Å². The molecule has 1 aromatic carbocycles. The Bertz CT molecular complexity index is 305. The van der Waals surface area contributed by atoms with Crippen molar-refractivity contribution < 1.29 is 9.47 Å². The van der Waals surface area contributed by atoms with Crippen molar-refractivity contribution in [1.82, 2.24) is 0 Å². The predicted molar refractivity (Wildman–Crippen MR) is 60.2 cm³/mol. The van der Waals surface area contributed by atoms with Crippen LogP contribution < -0.4 is 15.2 Å². The summed E-state index contributed by atoms with van der Waals surface area (Å²) in [6.07, 6.45) is 0. The van der Waals surface area contributed by atoms with Gasteiger partial charge in [0.05, 0.1) is 6.61 Å². The molecule has 0 aliphatic heterocycles. The number of nitrogens with two attached hydrogens (primary N) is 1. The molecule has 0 aliphatic rings. The molecular formula is C12H18NO2. The molecule has 0 spiro atoms. The largest absolute Gasteiger partial charge is 0.490 e. The molecule has 0 amide bonds. The topological polar surface area (TPSA) is 44.5 Å². The van der Waals surface area contributed by atoms with Crippen molar-refractivity contribution in [3.63, 3.8) is 0 Å². The van der Waals surface area contributed by atoms with Gasteiger partial charge in [0.1, 0.15) is 6.61 Å². The van der Waals surface area contributed by atoms with E-state index in [9.17, 15) is 0 Å². The van der Waals surface area contributed by atoms with Gasteiger partial charge in [0.25, 0.3) is 0 Å². The lowest BCUT2D eigenvalue weighted by molar-refractivity contribution is 0.227. The van der Waals surface area contributed by atoms with Crippen LogP contribution in [-0.4, -0.2) is 18.8 Å². The van der Waals surface area contributed by atoms with Gasteiger partial charge in [-0.05, 0) is 39.0 Å². The van der Waals surface area contributed by atoms with E-state index in [4.69, 9.17) is 15.2 Å². The van der Waals surface area contributed by atoms with Gasteiger partial charge in [0.15, 0.2) is 11.5 Å². The van der Waals surface area contributed by atoms with Crippen LogP contribution in [0.1, 0.15) is 20.8 Å². The fraction of sp³-hybridized carbons (Fsp3) is 0.500. The predicted octanol–water partition coefficient (Wildman–Crippen LogP) is 2.00. The lowest BCUT2D eigenvalue weighted by Crippen LogP contribution is -2.38. The number of hydrogen-bond donors (Lipinski definition) is 1. The molecule has 0 atom stereocenters. The van der Waals surface area contributed by atoms with Crippen molar-refractivity contribution in [2.75, 3.05) is 13.2 Å². The summed E-state index contributed by atoms with van der Waals surface area (Å²) in [6.45, 7) is 6.84. The maximum absolute atomic E-state index is 5.83. The van der Waals surface area contributed by atoms with Gasteiger partial charge in [0, 0.05) is 5.54 Å². The van der Waals surface area contributed by atoms with E-state index in [1.165, 1.54) is 0 Å². The molecule has 1 radical (unpaired) electrons. The summed E-state index contributed by atoms with van der Waals surface area (Å²) in [5.74, 6) is 1.43. The van der Waals surface area contributed by atoms with Crippen molar-refractivity contribution in [3.05, 3.63) is 24.3 Å². The van der Waals surface area contributed by atoms with Gasteiger partial charge in [-0.2, -0.15) is 0 Å². The van der Waals surface area contributed by atoms with Crippen LogP contribution in [0.2, 0.25) is 0 Å². The second-order valence-corrected chi connectivity index (χ2v) is 4.08. The summed E-state index contributed by atoms with van der Waals surface area (Å²) in [4.78, 5) is 0. The molecule has 15 heavy (non-hydrogen) atoms. The molecule has 0 saturated carbocycles. The molecule has 3 nitrogen and oxygen atoms in total. The number of rotatable bonds is 5. The molecule has 0 bridgehead atoms. The third kappa shape index (κ3) is 4.21.